The molecule has 22 heavy (non-hydrogen) atoms. The van der Waals surface area contributed by atoms with Crippen molar-refractivity contribution in [1.29, 1.82) is 0 Å². The van der Waals surface area contributed by atoms with Crippen LogP contribution in [0.1, 0.15) is 5.56 Å². The van der Waals surface area contributed by atoms with E-state index in [2.05, 4.69) is 39.5 Å². The number of quaternary nitrogens is 1. The molecule has 0 unspecified atom stereocenters. The number of likely N-dealkylation sites (N-methyl/N-ethyl adjacent to an activating group) is 1. The van der Waals surface area contributed by atoms with Crippen molar-refractivity contribution in [1.82, 2.24) is 0 Å². The summed E-state index contributed by atoms with van der Waals surface area (Å²) in [6.07, 6.45) is 0. The molecule has 0 aliphatic carbocycles. The average molecular weight is 437 g/mol. The van der Waals surface area contributed by atoms with E-state index in [4.69, 9.17) is 4.74 Å². The van der Waals surface area contributed by atoms with E-state index in [1.807, 2.05) is 6.92 Å². The summed E-state index contributed by atoms with van der Waals surface area (Å²) in [5.74, 6) is 3.11. The zero-order chi connectivity index (χ0) is 16.6. The van der Waals surface area contributed by atoms with Crippen LogP contribution in [0.2, 0.25) is 0 Å². The average Bonchev–Trinajstić information content (AvgIpc) is 2.46. The molecule has 0 saturated carbocycles. The fraction of sp³-hybridized carbons (Fsp3) is 0.467. The molecule has 0 spiro atoms. The summed E-state index contributed by atoms with van der Waals surface area (Å²) in [5.41, 5.74) is 0.928. The predicted octanol–water partition coefficient (Wildman–Crippen LogP) is 1.76. The van der Waals surface area contributed by atoms with Gasteiger partial charge in [-0.15, -0.1) is 0 Å². The molecule has 0 bridgehead atoms. The standard InChI is InChI=1S/C8H13INO.C7H8O3S/c1-10(4-2-3-9)5-7-11-8-6-10;1-6-2-4-7(5-3-6)11(8,9)10/h4-8H2,1H3;2-5H,1H3,(H,8,9,10)/q+1;/p-1. The summed E-state index contributed by atoms with van der Waals surface area (Å²) in [5, 5.41) is 0. The van der Waals surface area contributed by atoms with E-state index in [0.717, 1.165) is 42.9 Å². The highest BCUT2D eigenvalue weighted by Gasteiger charge is 2.23. The van der Waals surface area contributed by atoms with Crippen molar-refractivity contribution in [3.8, 4) is 9.85 Å². The number of hydrogen-bond acceptors (Lipinski definition) is 4. The van der Waals surface area contributed by atoms with Gasteiger partial charge in [-0.1, -0.05) is 17.7 Å². The van der Waals surface area contributed by atoms with Gasteiger partial charge in [0.1, 0.15) is 29.8 Å². The van der Waals surface area contributed by atoms with E-state index in [0.29, 0.717) is 0 Å². The zero-order valence-corrected chi connectivity index (χ0v) is 15.7. The summed E-state index contributed by atoms with van der Waals surface area (Å²) in [6.45, 7) is 6.77. The van der Waals surface area contributed by atoms with Gasteiger partial charge in [0.25, 0.3) is 0 Å². The van der Waals surface area contributed by atoms with Crippen molar-refractivity contribution in [2.75, 3.05) is 39.9 Å². The lowest BCUT2D eigenvalue weighted by Gasteiger charge is -2.35. The van der Waals surface area contributed by atoms with Crippen LogP contribution in [0.5, 0.6) is 0 Å². The fourth-order valence-electron chi connectivity index (χ4n) is 1.87. The maximum absolute atomic E-state index is 10.4. The van der Waals surface area contributed by atoms with Crippen LogP contribution in [0.3, 0.4) is 0 Å². The lowest BCUT2D eigenvalue weighted by Crippen LogP contribution is -2.52. The highest BCUT2D eigenvalue weighted by molar-refractivity contribution is 14.1. The first-order chi connectivity index (χ1) is 10.3. The molecule has 7 heteroatoms. The Bertz CT molecular complexity index is 626. The highest BCUT2D eigenvalue weighted by Crippen LogP contribution is 2.08. The van der Waals surface area contributed by atoms with Gasteiger partial charge in [0.05, 0.1) is 25.2 Å². The maximum Gasteiger partial charge on any atom is 0.141 e. The van der Waals surface area contributed by atoms with E-state index in [-0.39, 0.29) is 4.90 Å². The van der Waals surface area contributed by atoms with E-state index in [1.54, 1.807) is 12.1 Å². The van der Waals surface area contributed by atoms with Crippen molar-refractivity contribution in [2.45, 2.75) is 11.8 Å². The first-order valence-corrected chi connectivity index (χ1v) is 9.28. The third-order valence-electron chi connectivity index (χ3n) is 3.39. The summed E-state index contributed by atoms with van der Waals surface area (Å²) < 4.78 is 40.4. The smallest absolute Gasteiger partial charge is 0.141 e. The molecular weight excluding hydrogens is 417 g/mol. The van der Waals surface area contributed by atoms with Gasteiger partial charge in [-0.05, 0) is 28.9 Å². The van der Waals surface area contributed by atoms with Gasteiger partial charge in [0, 0.05) is 22.6 Å². The molecule has 1 saturated heterocycles. The van der Waals surface area contributed by atoms with Crippen molar-refractivity contribution in [3.63, 3.8) is 0 Å². The van der Waals surface area contributed by atoms with Crippen LogP contribution in [0.25, 0.3) is 0 Å². The monoisotopic (exact) mass is 437 g/mol. The molecule has 1 fully saturated rings. The molecule has 2 rings (SSSR count). The Kier molecular flexibility index (Phi) is 7.79. The summed E-state index contributed by atoms with van der Waals surface area (Å²) in [6, 6.07) is 5.78. The molecule has 1 aliphatic heterocycles. The highest BCUT2D eigenvalue weighted by atomic mass is 127. The minimum absolute atomic E-state index is 0.178. The first kappa shape index (κ1) is 19.4. The number of benzene rings is 1. The van der Waals surface area contributed by atoms with Gasteiger partial charge in [-0.3, -0.25) is 0 Å². The van der Waals surface area contributed by atoms with Crippen LogP contribution in [0.15, 0.2) is 29.2 Å². The first-order valence-electron chi connectivity index (χ1n) is 6.79. The lowest BCUT2D eigenvalue weighted by molar-refractivity contribution is -0.910. The molecule has 1 aromatic carbocycles. The molecule has 0 amide bonds. The Morgan fingerprint density at radius 2 is 1.82 bits per heavy atom. The van der Waals surface area contributed by atoms with E-state index < -0.39 is 10.1 Å². The number of hydrogen-bond donors (Lipinski definition) is 0. The van der Waals surface area contributed by atoms with Gasteiger partial charge < -0.3 is 13.8 Å². The molecule has 1 aromatic rings. The van der Waals surface area contributed by atoms with Crippen LogP contribution in [-0.4, -0.2) is 57.3 Å². The molecule has 122 valence electrons. The summed E-state index contributed by atoms with van der Waals surface area (Å²) in [4.78, 5) is -0.178. The molecule has 0 atom stereocenters. The van der Waals surface area contributed by atoms with Gasteiger partial charge in [-0.25, -0.2) is 8.42 Å². The van der Waals surface area contributed by atoms with Crippen molar-refractivity contribution >= 4 is 32.7 Å². The second kappa shape index (κ2) is 8.84. The Labute approximate surface area is 146 Å². The number of halogens is 1. The van der Waals surface area contributed by atoms with Crippen LogP contribution in [0.4, 0.5) is 0 Å². The summed E-state index contributed by atoms with van der Waals surface area (Å²) >= 11 is 2.09. The molecule has 1 heterocycles. The maximum atomic E-state index is 10.4. The van der Waals surface area contributed by atoms with Crippen LogP contribution >= 0.6 is 22.6 Å². The number of ether oxygens (including phenoxy) is 1. The number of aryl methyl sites for hydroxylation is 1. The lowest BCUT2D eigenvalue weighted by atomic mass is 10.2. The Hall–Kier alpha value is -0.660. The third-order valence-corrected chi connectivity index (χ3v) is 4.62. The predicted molar refractivity (Wildman–Crippen MR) is 92.5 cm³/mol. The second-order valence-corrected chi connectivity index (χ2v) is 7.29. The van der Waals surface area contributed by atoms with Crippen molar-refractivity contribution in [3.05, 3.63) is 29.8 Å². The van der Waals surface area contributed by atoms with Gasteiger partial charge >= 0.3 is 0 Å². The Morgan fingerprint density at radius 3 is 2.27 bits per heavy atom. The van der Waals surface area contributed by atoms with Crippen LogP contribution in [-0.2, 0) is 14.9 Å². The Balaban J connectivity index is 0.000000220. The van der Waals surface area contributed by atoms with E-state index in [1.165, 1.54) is 12.1 Å². The summed E-state index contributed by atoms with van der Waals surface area (Å²) in [7, 11) is -2.03. The minimum Gasteiger partial charge on any atom is -0.744 e. The SMILES string of the molecule is C[N+]1(CC#CI)CCOCC1.Cc1ccc(S(=O)(=O)[O-])cc1. The molecule has 0 aromatic heterocycles. The van der Waals surface area contributed by atoms with Gasteiger partial charge in [0.15, 0.2) is 0 Å². The largest absolute Gasteiger partial charge is 0.744 e. The minimum atomic E-state index is -4.27. The Morgan fingerprint density at radius 1 is 1.27 bits per heavy atom. The van der Waals surface area contributed by atoms with Gasteiger partial charge in [0.2, 0.25) is 0 Å². The number of morpholine rings is 1. The quantitative estimate of drug-likeness (QED) is 0.306. The van der Waals surface area contributed by atoms with Crippen LogP contribution < -0.4 is 0 Å². The second-order valence-electron chi connectivity index (χ2n) is 5.38. The molecule has 0 N–H and O–H groups in total. The van der Waals surface area contributed by atoms with Crippen molar-refractivity contribution in [2.24, 2.45) is 0 Å². The van der Waals surface area contributed by atoms with E-state index >= 15 is 0 Å². The fourth-order valence-corrected chi connectivity index (χ4v) is 2.51. The van der Waals surface area contributed by atoms with Gasteiger partial charge in [-0.2, -0.15) is 0 Å². The van der Waals surface area contributed by atoms with Crippen LogP contribution in [0, 0.1) is 16.8 Å². The topological polar surface area (TPSA) is 66.4 Å². The zero-order valence-electron chi connectivity index (χ0n) is 12.7. The number of nitrogens with zero attached hydrogens (tertiary/aromatic N) is 1. The molecule has 5 nitrogen and oxygen atoms in total. The van der Waals surface area contributed by atoms with Crippen molar-refractivity contribution < 1.29 is 22.2 Å². The molecule has 0 radical (unpaired) electrons. The third kappa shape index (κ3) is 7.07. The molecular formula is C15H20INO4S. The normalized spacial score (nSPS) is 16.7. The number of rotatable bonds is 2. The molecule has 1 aliphatic rings. The van der Waals surface area contributed by atoms with E-state index in [9.17, 15) is 13.0 Å².